The molecule has 0 radical (unpaired) electrons. The smallest absolute Gasteiger partial charge is 0.299 e. The molecule has 2 aromatic carbocycles. The normalized spacial score (nSPS) is 10.5. The van der Waals surface area contributed by atoms with E-state index in [2.05, 4.69) is 10.3 Å². The van der Waals surface area contributed by atoms with Crippen LogP contribution in [0, 0.1) is 5.82 Å². The molecule has 0 aliphatic rings. The molecule has 0 spiro atoms. The molecule has 110 valence electrons. The summed E-state index contributed by atoms with van der Waals surface area (Å²) in [6.07, 6.45) is 1.57. The predicted molar refractivity (Wildman–Crippen MR) is 81.6 cm³/mol. The number of nitrogens with one attached hydrogen (secondary N) is 1. The lowest BCUT2D eigenvalue weighted by molar-refractivity contribution is 0.101. The van der Waals surface area contributed by atoms with Crippen molar-refractivity contribution >= 4 is 17.5 Å². The number of aromatic nitrogens is 1. The van der Waals surface area contributed by atoms with E-state index in [1.54, 1.807) is 36.5 Å². The number of Topliss-reactive ketones (excluding diaryl/α,β-unsaturated/α-hetero) is 1. The number of carbonyl (C=O) groups excluding carboxylic acids is 1. The van der Waals surface area contributed by atoms with Crippen LogP contribution < -0.4 is 5.32 Å². The summed E-state index contributed by atoms with van der Waals surface area (Å²) in [5.74, 6) is 0.235. The maximum atomic E-state index is 12.9. The summed E-state index contributed by atoms with van der Waals surface area (Å²) in [6, 6.07) is 13.3. The Kier molecular flexibility index (Phi) is 3.70. The van der Waals surface area contributed by atoms with Crippen LogP contribution in [-0.4, -0.2) is 10.8 Å². The molecular weight excluding hydrogens is 283 g/mol. The lowest BCUT2D eigenvalue weighted by atomic mass is 10.1. The molecule has 4 nitrogen and oxygen atoms in total. The summed E-state index contributed by atoms with van der Waals surface area (Å²) in [6.45, 7) is 1.51. The Hall–Kier alpha value is -2.95. The van der Waals surface area contributed by atoms with E-state index in [0.717, 1.165) is 5.56 Å². The molecule has 0 saturated heterocycles. The Labute approximate surface area is 126 Å². The van der Waals surface area contributed by atoms with E-state index in [4.69, 9.17) is 4.42 Å². The molecule has 0 saturated carbocycles. The molecule has 1 heterocycles. The zero-order valence-electron chi connectivity index (χ0n) is 11.8. The summed E-state index contributed by atoms with van der Waals surface area (Å²) in [5.41, 5.74) is 2.06. The molecule has 0 aliphatic carbocycles. The van der Waals surface area contributed by atoms with Gasteiger partial charge in [-0.2, -0.15) is 0 Å². The minimum absolute atomic E-state index is 0.00831. The highest BCUT2D eigenvalue weighted by Crippen LogP contribution is 2.25. The lowest BCUT2D eigenvalue weighted by Crippen LogP contribution is -1.91. The average Bonchev–Trinajstić information content (AvgIpc) is 2.98. The van der Waals surface area contributed by atoms with Crippen LogP contribution in [-0.2, 0) is 0 Å². The molecule has 0 unspecified atom stereocenters. The summed E-state index contributed by atoms with van der Waals surface area (Å²) in [7, 11) is 0. The van der Waals surface area contributed by atoms with Crippen molar-refractivity contribution in [1.82, 2.24) is 4.98 Å². The highest BCUT2D eigenvalue weighted by Gasteiger charge is 2.08. The highest BCUT2D eigenvalue weighted by atomic mass is 19.1. The average molecular weight is 296 g/mol. The fraction of sp³-hybridized carbons (Fsp3) is 0.0588. The van der Waals surface area contributed by atoms with Crippen molar-refractivity contribution in [3.05, 3.63) is 66.1 Å². The number of ketones is 1. The van der Waals surface area contributed by atoms with Gasteiger partial charge in [-0.1, -0.05) is 18.2 Å². The summed E-state index contributed by atoms with van der Waals surface area (Å²) in [4.78, 5) is 15.5. The zero-order valence-corrected chi connectivity index (χ0v) is 11.8. The van der Waals surface area contributed by atoms with Gasteiger partial charge in [-0.3, -0.25) is 4.79 Å². The lowest BCUT2D eigenvalue weighted by Gasteiger charge is -2.01. The summed E-state index contributed by atoms with van der Waals surface area (Å²) >= 11 is 0. The van der Waals surface area contributed by atoms with Gasteiger partial charge in [0.25, 0.3) is 6.01 Å². The Morgan fingerprint density at radius 3 is 2.68 bits per heavy atom. The third-order valence-electron chi connectivity index (χ3n) is 3.15. The fourth-order valence-corrected chi connectivity index (χ4v) is 2.01. The van der Waals surface area contributed by atoms with Gasteiger partial charge >= 0.3 is 0 Å². The number of benzene rings is 2. The predicted octanol–water partition coefficient (Wildman–Crippen LogP) is 4.43. The van der Waals surface area contributed by atoms with Crippen molar-refractivity contribution in [3.63, 3.8) is 0 Å². The first-order valence-corrected chi connectivity index (χ1v) is 6.71. The maximum Gasteiger partial charge on any atom is 0.299 e. The molecule has 0 atom stereocenters. The first-order chi connectivity index (χ1) is 10.6. The van der Waals surface area contributed by atoms with E-state index in [1.165, 1.54) is 19.1 Å². The van der Waals surface area contributed by atoms with Gasteiger partial charge in [0.2, 0.25) is 0 Å². The number of rotatable bonds is 4. The second kappa shape index (κ2) is 5.81. The van der Waals surface area contributed by atoms with Gasteiger partial charge in [-0.05, 0) is 37.3 Å². The number of hydrogen-bond acceptors (Lipinski definition) is 4. The quantitative estimate of drug-likeness (QED) is 0.724. The van der Waals surface area contributed by atoms with E-state index in [1.807, 2.05) is 6.07 Å². The van der Waals surface area contributed by atoms with Gasteiger partial charge in [0, 0.05) is 16.8 Å². The molecule has 0 aliphatic heterocycles. The molecule has 5 heteroatoms. The van der Waals surface area contributed by atoms with E-state index >= 15 is 0 Å². The van der Waals surface area contributed by atoms with Crippen LogP contribution in [0.2, 0.25) is 0 Å². The van der Waals surface area contributed by atoms with Crippen LogP contribution in [0.1, 0.15) is 17.3 Å². The fourth-order valence-electron chi connectivity index (χ4n) is 2.01. The van der Waals surface area contributed by atoms with E-state index in [9.17, 15) is 9.18 Å². The molecule has 1 N–H and O–H groups in total. The van der Waals surface area contributed by atoms with Crippen LogP contribution in [0.4, 0.5) is 16.1 Å². The number of halogens is 1. The van der Waals surface area contributed by atoms with Crippen LogP contribution in [0.25, 0.3) is 11.3 Å². The SMILES string of the molecule is CC(=O)c1cccc(-c2cnc(Nc3ccc(F)cc3)o2)c1. The third kappa shape index (κ3) is 3.03. The Balaban J connectivity index is 1.83. The van der Waals surface area contributed by atoms with Crippen molar-refractivity contribution in [1.29, 1.82) is 0 Å². The standard InChI is InChI=1S/C17H13FN2O2/c1-11(21)12-3-2-4-13(9-12)16-10-19-17(22-16)20-15-7-5-14(18)6-8-15/h2-10H,1H3,(H,19,20). The number of carbonyl (C=O) groups is 1. The zero-order chi connectivity index (χ0) is 15.5. The number of nitrogens with zero attached hydrogens (tertiary/aromatic N) is 1. The van der Waals surface area contributed by atoms with Gasteiger partial charge in [-0.25, -0.2) is 9.37 Å². The summed E-state index contributed by atoms with van der Waals surface area (Å²) in [5, 5.41) is 2.95. The number of anilines is 2. The van der Waals surface area contributed by atoms with Crippen molar-refractivity contribution in [2.75, 3.05) is 5.32 Å². The van der Waals surface area contributed by atoms with Crippen molar-refractivity contribution < 1.29 is 13.6 Å². The minimum Gasteiger partial charge on any atom is -0.423 e. The van der Waals surface area contributed by atoms with Crippen molar-refractivity contribution in [2.45, 2.75) is 6.92 Å². The third-order valence-corrected chi connectivity index (χ3v) is 3.15. The van der Waals surface area contributed by atoms with Gasteiger partial charge in [0.05, 0.1) is 6.20 Å². The number of hydrogen-bond donors (Lipinski definition) is 1. The molecule has 22 heavy (non-hydrogen) atoms. The van der Waals surface area contributed by atoms with E-state index < -0.39 is 0 Å². The molecule has 0 bridgehead atoms. The first kappa shape index (κ1) is 14.0. The molecule has 0 fully saturated rings. The van der Waals surface area contributed by atoms with Gasteiger partial charge in [0.1, 0.15) is 5.82 Å². The monoisotopic (exact) mass is 296 g/mol. The van der Waals surface area contributed by atoms with E-state index in [-0.39, 0.29) is 11.6 Å². The molecular formula is C17H13FN2O2. The molecule has 0 amide bonds. The first-order valence-electron chi connectivity index (χ1n) is 6.71. The Bertz CT molecular complexity index is 810. The second-order valence-electron chi connectivity index (χ2n) is 4.80. The largest absolute Gasteiger partial charge is 0.423 e. The summed E-state index contributed by atoms with van der Waals surface area (Å²) < 4.78 is 18.5. The Morgan fingerprint density at radius 1 is 1.18 bits per heavy atom. The highest BCUT2D eigenvalue weighted by molar-refractivity contribution is 5.95. The second-order valence-corrected chi connectivity index (χ2v) is 4.80. The van der Waals surface area contributed by atoms with Gasteiger partial charge in [-0.15, -0.1) is 0 Å². The van der Waals surface area contributed by atoms with Crippen LogP contribution in [0.3, 0.4) is 0 Å². The van der Waals surface area contributed by atoms with Crippen LogP contribution >= 0.6 is 0 Å². The Morgan fingerprint density at radius 2 is 1.95 bits per heavy atom. The van der Waals surface area contributed by atoms with Gasteiger partial charge < -0.3 is 9.73 Å². The molecule has 3 aromatic rings. The van der Waals surface area contributed by atoms with Crippen molar-refractivity contribution in [3.8, 4) is 11.3 Å². The topological polar surface area (TPSA) is 55.1 Å². The van der Waals surface area contributed by atoms with Crippen LogP contribution in [0.5, 0.6) is 0 Å². The molecule has 3 rings (SSSR count). The minimum atomic E-state index is -0.306. The van der Waals surface area contributed by atoms with Crippen LogP contribution in [0.15, 0.2) is 59.1 Å². The van der Waals surface area contributed by atoms with Gasteiger partial charge in [0.15, 0.2) is 11.5 Å². The number of oxazole rings is 1. The van der Waals surface area contributed by atoms with Crippen molar-refractivity contribution in [2.24, 2.45) is 0 Å². The van der Waals surface area contributed by atoms with E-state index in [0.29, 0.717) is 23.0 Å². The molecule has 1 aromatic heterocycles. The maximum absolute atomic E-state index is 12.9.